The van der Waals surface area contributed by atoms with Gasteiger partial charge in [-0.15, -0.1) is 0 Å². The Bertz CT molecular complexity index is 186. The van der Waals surface area contributed by atoms with Gasteiger partial charge < -0.3 is 10.2 Å². The highest BCUT2D eigenvalue weighted by Crippen LogP contribution is 2.20. The number of nitrogens with zero attached hydrogens (tertiary/aromatic N) is 1. The van der Waals surface area contributed by atoms with Crippen LogP contribution >= 0.6 is 0 Å². The van der Waals surface area contributed by atoms with Crippen LogP contribution in [0.2, 0.25) is 0 Å². The third-order valence-electron chi connectivity index (χ3n) is 4.38. The molecule has 108 valence electrons. The summed E-state index contributed by atoms with van der Waals surface area (Å²) in [6.07, 6.45) is 9.57. The van der Waals surface area contributed by atoms with Gasteiger partial charge in [-0.2, -0.15) is 0 Å². The molecule has 1 saturated heterocycles. The van der Waals surface area contributed by atoms with E-state index >= 15 is 0 Å². The van der Waals surface area contributed by atoms with Crippen LogP contribution < -0.4 is 5.32 Å². The van der Waals surface area contributed by atoms with Gasteiger partial charge in [0.2, 0.25) is 0 Å². The molecule has 0 aromatic carbocycles. The molecule has 0 amide bonds. The fraction of sp³-hybridized carbons (Fsp3) is 1.00. The molecule has 2 nitrogen and oxygen atoms in total. The third kappa shape index (κ3) is 6.19. The molecule has 0 bridgehead atoms. The quantitative estimate of drug-likeness (QED) is 0.632. The van der Waals surface area contributed by atoms with Gasteiger partial charge in [-0.3, -0.25) is 0 Å². The Kier molecular flexibility index (Phi) is 8.70. The Morgan fingerprint density at radius 3 is 2.39 bits per heavy atom. The van der Waals surface area contributed by atoms with Crippen LogP contribution in [0.5, 0.6) is 0 Å². The number of nitrogens with one attached hydrogen (secondary N) is 1. The summed E-state index contributed by atoms with van der Waals surface area (Å²) < 4.78 is 0. The molecule has 18 heavy (non-hydrogen) atoms. The van der Waals surface area contributed by atoms with Crippen molar-refractivity contribution in [2.45, 2.75) is 71.8 Å². The average molecular weight is 254 g/mol. The Morgan fingerprint density at radius 2 is 1.78 bits per heavy atom. The van der Waals surface area contributed by atoms with Gasteiger partial charge in [0, 0.05) is 6.04 Å². The van der Waals surface area contributed by atoms with Gasteiger partial charge in [0.1, 0.15) is 0 Å². The first-order valence-corrected chi connectivity index (χ1v) is 8.23. The second-order valence-electron chi connectivity index (χ2n) is 5.98. The van der Waals surface area contributed by atoms with E-state index in [4.69, 9.17) is 0 Å². The lowest BCUT2D eigenvalue weighted by atomic mass is 9.90. The van der Waals surface area contributed by atoms with Gasteiger partial charge in [-0.1, -0.05) is 33.1 Å². The van der Waals surface area contributed by atoms with E-state index in [1.165, 1.54) is 71.1 Å². The monoisotopic (exact) mass is 254 g/mol. The summed E-state index contributed by atoms with van der Waals surface area (Å²) in [7, 11) is 0. The smallest absolute Gasteiger partial charge is 0.00679 e. The highest BCUT2D eigenvalue weighted by molar-refractivity contribution is 4.79. The highest BCUT2D eigenvalue weighted by atomic mass is 15.1. The number of rotatable bonds is 9. The summed E-state index contributed by atoms with van der Waals surface area (Å²) in [6, 6.07) is 0.718. The molecule has 1 aliphatic rings. The van der Waals surface area contributed by atoms with E-state index in [0.717, 1.165) is 12.0 Å². The number of hydrogen-bond donors (Lipinski definition) is 1. The van der Waals surface area contributed by atoms with Crippen LogP contribution in [0.25, 0.3) is 0 Å². The molecule has 1 unspecified atom stereocenters. The normalized spacial score (nSPS) is 20.2. The zero-order chi connectivity index (χ0) is 13.2. The molecule has 1 N–H and O–H groups in total. The Balaban J connectivity index is 2.06. The predicted octanol–water partition coefficient (Wildman–Crippen LogP) is 3.67. The molecular formula is C16H34N2. The molecule has 0 radical (unpaired) electrons. The van der Waals surface area contributed by atoms with Crippen molar-refractivity contribution >= 4 is 0 Å². The summed E-state index contributed by atoms with van der Waals surface area (Å²) in [5.74, 6) is 0.907. The first kappa shape index (κ1) is 16.0. The molecule has 1 fully saturated rings. The lowest BCUT2D eigenvalue weighted by molar-refractivity contribution is 0.163. The highest BCUT2D eigenvalue weighted by Gasteiger charge is 2.22. The van der Waals surface area contributed by atoms with Crippen molar-refractivity contribution in [3.8, 4) is 0 Å². The van der Waals surface area contributed by atoms with Crippen LogP contribution in [-0.4, -0.2) is 37.1 Å². The van der Waals surface area contributed by atoms with Crippen LogP contribution in [0.4, 0.5) is 0 Å². The second kappa shape index (κ2) is 9.80. The van der Waals surface area contributed by atoms with Crippen LogP contribution in [0, 0.1) is 5.92 Å². The minimum atomic E-state index is 0.718. The number of likely N-dealkylation sites (tertiary alicyclic amines) is 1. The summed E-state index contributed by atoms with van der Waals surface area (Å²) in [6.45, 7) is 12.1. The molecule has 1 aliphatic heterocycles. The number of piperidine rings is 1. The third-order valence-corrected chi connectivity index (χ3v) is 4.38. The molecule has 0 aromatic heterocycles. The second-order valence-corrected chi connectivity index (χ2v) is 5.98. The van der Waals surface area contributed by atoms with Gasteiger partial charge in [0.15, 0.2) is 0 Å². The number of unbranched alkanes of at least 4 members (excludes halogenated alkanes) is 3. The van der Waals surface area contributed by atoms with E-state index in [9.17, 15) is 0 Å². The molecule has 0 spiro atoms. The maximum Gasteiger partial charge on any atom is 0.00679 e. The molecule has 0 aromatic rings. The van der Waals surface area contributed by atoms with E-state index in [-0.39, 0.29) is 0 Å². The Hall–Kier alpha value is -0.0800. The Labute approximate surface area is 115 Å². The van der Waals surface area contributed by atoms with Gasteiger partial charge in [-0.25, -0.2) is 0 Å². The van der Waals surface area contributed by atoms with Gasteiger partial charge >= 0.3 is 0 Å². The summed E-state index contributed by atoms with van der Waals surface area (Å²) in [5.41, 5.74) is 0. The average Bonchev–Trinajstić information content (AvgIpc) is 2.39. The fourth-order valence-electron chi connectivity index (χ4n) is 3.04. The van der Waals surface area contributed by atoms with Crippen LogP contribution in [0.15, 0.2) is 0 Å². The van der Waals surface area contributed by atoms with E-state index in [1.54, 1.807) is 0 Å². The van der Waals surface area contributed by atoms with Gasteiger partial charge in [0.25, 0.3) is 0 Å². The van der Waals surface area contributed by atoms with Gasteiger partial charge in [-0.05, 0) is 64.7 Å². The maximum absolute atomic E-state index is 3.74. The van der Waals surface area contributed by atoms with Crippen LogP contribution in [0.1, 0.15) is 65.7 Å². The van der Waals surface area contributed by atoms with Crippen molar-refractivity contribution in [2.24, 2.45) is 5.92 Å². The first-order chi connectivity index (χ1) is 8.77. The lowest BCUT2D eigenvalue weighted by Gasteiger charge is -2.35. The molecule has 0 aliphatic carbocycles. The molecule has 1 heterocycles. The van der Waals surface area contributed by atoms with E-state index in [1.807, 2.05) is 0 Å². The topological polar surface area (TPSA) is 15.3 Å². The number of hydrogen-bond acceptors (Lipinski definition) is 2. The van der Waals surface area contributed by atoms with Crippen molar-refractivity contribution in [1.29, 1.82) is 0 Å². The SMILES string of the molecule is CCCCCCNC(C)C1CCN(CCC)CC1. The predicted molar refractivity (Wildman–Crippen MR) is 81.1 cm³/mol. The lowest BCUT2D eigenvalue weighted by Crippen LogP contribution is -2.42. The summed E-state index contributed by atoms with van der Waals surface area (Å²) >= 11 is 0. The minimum Gasteiger partial charge on any atom is -0.314 e. The molecule has 1 atom stereocenters. The molecular weight excluding hydrogens is 220 g/mol. The molecule has 0 saturated carbocycles. The van der Waals surface area contributed by atoms with Crippen LogP contribution in [-0.2, 0) is 0 Å². The van der Waals surface area contributed by atoms with Crippen molar-refractivity contribution in [3.05, 3.63) is 0 Å². The maximum atomic E-state index is 3.74. The van der Waals surface area contributed by atoms with Crippen molar-refractivity contribution in [3.63, 3.8) is 0 Å². The summed E-state index contributed by atoms with van der Waals surface area (Å²) in [5, 5.41) is 3.74. The van der Waals surface area contributed by atoms with E-state index < -0.39 is 0 Å². The fourth-order valence-corrected chi connectivity index (χ4v) is 3.04. The van der Waals surface area contributed by atoms with E-state index in [0.29, 0.717) is 0 Å². The van der Waals surface area contributed by atoms with Crippen molar-refractivity contribution < 1.29 is 0 Å². The molecule has 2 heteroatoms. The van der Waals surface area contributed by atoms with Gasteiger partial charge in [0.05, 0.1) is 0 Å². The van der Waals surface area contributed by atoms with Crippen molar-refractivity contribution in [2.75, 3.05) is 26.2 Å². The minimum absolute atomic E-state index is 0.718. The van der Waals surface area contributed by atoms with Crippen LogP contribution in [0.3, 0.4) is 0 Å². The van der Waals surface area contributed by atoms with E-state index in [2.05, 4.69) is 31.0 Å². The first-order valence-electron chi connectivity index (χ1n) is 8.23. The zero-order valence-electron chi connectivity index (χ0n) is 12.9. The Morgan fingerprint density at radius 1 is 1.06 bits per heavy atom. The van der Waals surface area contributed by atoms with Crippen molar-refractivity contribution in [1.82, 2.24) is 10.2 Å². The standard InChI is InChI=1S/C16H34N2/c1-4-6-7-8-11-17-15(3)16-9-13-18(12-5-2)14-10-16/h15-17H,4-14H2,1-3H3. The zero-order valence-corrected chi connectivity index (χ0v) is 12.9. The summed E-state index contributed by atoms with van der Waals surface area (Å²) in [4.78, 5) is 2.63. The largest absolute Gasteiger partial charge is 0.314 e. The molecule has 1 rings (SSSR count).